The Bertz CT molecular complexity index is 1550. The molecule has 1 atom stereocenters. The average Bonchev–Trinajstić information content (AvgIpc) is 3.51. The zero-order valence-electron chi connectivity index (χ0n) is 20.8. The number of pyridine rings is 1. The minimum atomic E-state index is -3.71. The molecule has 1 unspecified atom stereocenters. The minimum Gasteiger partial charge on any atom is -0.481 e. The third-order valence-electron chi connectivity index (χ3n) is 6.40. The van der Waals surface area contributed by atoms with Crippen LogP contribution in [0.2, 0.25) is 0 Å². The zero-order valence-corrected chi connectivity index (χ0v) is 21.6. The fourth-order valence-electron chi connectivity index (χ4n) is 4.69. The first-order valence-corrected chi connectivity index (χ1v) is 13.3. The number of hydrogen-bond donors (Lipinski definition) is 2. The highest BCUT2D eigenvalue weighted by molar-refractivity contribution is 7.92. The smallest absolute Gasteiger partial charge is 0.355 e. The second-order valence-corrected chi connectivity index (χ2v) is 11.6. The molecular formula is C25H27N7O4S. The van der Waals surface area contributed by atoms with E-state index in [1.807, 2.05) is 26.0 Å². The Labute approximate surface area is 215 Å². The van der Waals surface area contributed by atoms with Gasteiger partial charge in [-0.15, -0.1) is 4.36 Å². The molecule has 5 rings (SSSR count). The van der Waals surface area contributed by atoms with Gasteiger partial charge in [0.15, 0.2) is 21.0 Å². The van der Waals surface area contributed by atoms with Gasteiger partial charge in [-0.2, -0.15) is 10.4 Å². The molecule has 2 amide bonds. The summed E-state index contributed by atoms with van der Waals surface area (Å²) in [7, 11) is -2.17. The van der Waals surface area contributed by atoms with E-state index >= 15 is 0 Å². The summed E-state index contributed by atoms with van der Waals surface area (Å²) in [5.41, 5.74) is 4.12. The van der Waals surface area contributed by atoms with Crippen LogP contribution >= 0.6 is 0 Å². The number of nitrogens with one attached hydrogen (secondary N) is 2. The molecule has 0 spiro atoms. The SMILES string of the molecule is COc1cc(-c2ccc3c(c2NC(=O)N=S(=O)(NC#N)c2cnn4c2OCC(C)(C)C4)CCC3)ccn1. The molecular weight excluding hydrogens is 494 g/mol. The van der Waals surface area contributed by atoms with E-state index in [-0.39, 0.29) is 16.2 Å². The number of aromatic nitrogens is 3. The standard InChI is InChI=1S/C25H27N7O4S/c1-25(2)13-32-23(36-14-25)20(12-28-32)37(34,29-15-26)31-24(33)30-22-18-6-4-5-16(18)7-8-19(22)17-9-10-27-21(11-17)35-3/h7-12H,4-6,13-14H2,1-3H3,(H2,29,30,31,33,34). The number of fused-ring (bicyclic) bond motifs is 2. The van der Waals surface area contributed by atoms with Gasteiger partial charge in [0.2, 0.25) is 11.8 Å². The molecule has 1 aliphatic heterocycles. The van der Waals surface area contributed by atoms with E-state index in [1.165, 1.54) is 13.3 Å². The molecule has 0 fully saturated rings. The number of carbonyl (C=O) groups excluding carboxylic acids is 1. The fourth-order valence-corrected chi connectivity index (χ4v) is 5.94. The predicted octanol–water partition coefficient (Wildman–Crippen LogP) is 3.91. The molecule has 1 aliphatic carbocycles. The van der Waals surface area contributed by atoms with E-state index in [4.69, 9.17) is 9.47 Å². The van der Waals surface area contributed by atoms with E-state index in [9.17, 15) is 14.3 Å². The molecule has 3 aromatic rings. The van der Waals surface area contributed by atoms with Crippen molar-refractivity contribution in [1.82, 2.24) is 19.5 Å². The molecule has 0 bridgehead atoms. The van der Waals surface area contributed by atoms with Gasteiger partial charge in [0.1, 0.15) is 0 Å². The maximum atomic E-state index is 13.8. The summed E-state index contributed by atoms with van der Waals surface area (Å²) in [6.45, 7) is 4.95. The van der Waals surface area contributed by atoms with E-state index in [0.717, 1.165) is 41.5 Å². The molecule has 37 heavy (non-hydrogen) atoms. The Morgan fingerprint density at radius 2 is 2.16 bits per heavy atom. The van der Waals surface area contributed by atoms with Gasteiger partial charge in [-0.3, -0.25) is 0 Å². The summed E-state index contributed by atoms with van der Waals surface area (Å²) in [6, 6.07) is 6.73. The van der Waals surface area contributed by atoms with Crippen molar-refractivity contribution in [2.24, 2.45) is 9.78 Å². The predicted molar refractivity (Wildman–Crippen MR) is 136 cm³/mol. The summed E-state index contributed by atoms with van der Waals surface area (Å²) in [6.07, 6.45) is 7.27. The highest BCUT2D eigenvalue weighted by Gasteiger charge is 2.33. The number of ether oxygens (including phenoxy) is 2. The first-order valence-electron chi connectivity index (χ1n) is 11.8. The van der Waals surface area contributed by atoms with Crippen LogP contribution in [0.25, 0.3) is 11.1 Å². The van der Waals surface area contributed by atoms with Gasteiger partial charge in [0.05, 0.1) is 32.1 Å². The summed E-state index contributed by atoms with van der Waals surface area (Å²) in [5.74, 6) is 0.671. The van der Waals surface area contributed by atoms with Crippen molar-refractivity contribution in [3.63, 3.8) is 0 Å². The summed E-state index contributed by atoms with van der Waals surface area (Å²) >= 11 is 0. The largest absolute Gasteiger partial charge is 0.481 e. The van der Waals surface area contributed by atoms with Crippen LogP contribution in [0.4, 0.5) is 10.5 Å². The second kappa shape index (κ2) is 9.40. The lowest BCUT2D eigenvalue weighted by atomic mass is 9.94. The number of urea groups is 1. The Hall–Kier alpha value is -4.11. The van der Waals surface area contributed by atoms with Crippen LogP contribution in [0.3, 0.4) is 0 Å². The topological polar surface area (TPSA) is 144 Å². The Morgan fingerprint density at radius 3 is 2.95 bits per heavy atom. The number of nitriles is 1. The van der Waals surface area contributed by atoms with E-state index in [0.29, 0.717) is 24.7 Å². The molecule has 0 saturated carbocycles. The number of aryl methyl sites for hydroxylation is 1. The first kappa shape index (κ1) is 24.6. The first-order chi connectivity index (χ1) is 17.7. The number of anilines is 1. The maximum absolute atomic E-state index is 13.8. The molecule has 192 valence electrons. The summed E-state index contributed by atoms with van der Waals surface area (Å²) in [4.78, 5) is 17.5. The van der Waals surface area contributed by atoms with E-state index in [1.54, 1.807) is 23.1 Å². The quantitative estimate of drug-likeness (QED) is 0.383. The van der Waals surface area contributed by atoms with Crippen molar-refractivity contribution < 1.29 is 18.5 Å². The van der Waals surface area contributed by atoms with Crippen LogP contribution in [-0.4, -0.2) is 38.7 Å². The van der Waals surface area contributed by atoms with Gasteiger partial charge in [-0.25, -0.2) is 23.4 Å². The molecule has 2 aromatic heterocycles. The lowest BCUT2D eigenvalue weighted by molar-refractivity contribution is 0.0971. The van der Waals surface area contributed by atoms with Crippen LogP contribution in [0, 0.1) is 16.9 Å². The molecule has 0 radical (unpaired) electrons. The van der Waals surface area contributed by atoms with Crippen molar-refractivity contribution >= 4 is 21.6 Å². The van der Waals surface area contributed by atoms with Crippen molar-refractivity contribution in [3.05, 3.63) is 47.8 Å². The van der Waals surface area contributed by atoms with E-state index < -0.39 is 15.9 Å². The van der Waals surface area contributed by atoms with Crippen LogP contribution in [0.1, 0.15) is 31.4 Å². The van der Waals surface area contributed by atoms with Gasteiger partial charge >= 0.3 is 6.03 Å². The van der Waals surface area contributed by atoms with Crippen molar-refractivity contribution in [1.29, 1.82) is 5.26 Å². The van der Waals surface area contributed by atoms with Crippen molar-refractivity contribution in [3.8, 4) is 29.1 Å². The number of rotatable bonds is 5. The Balaban J connectivity index is 1.55. The van der Waals surface area contributed by atoms with Gasteiger partial charge in [-0.1, -0.05) is 26.0 Å². The molecule has 1 aromatic carbocycles. The van der Waals surface area contributed by atoms with Gasteiger partial charge in [0, 0.05) is 23.2 Å². The number of benzene rings is 1. The lowest BCUT2D eigenvalue weighted by Crippen LogP contribution is -2.33. The zero-order chi connectivity index (χ0) is 26.2. The Morgan fingerprint density at radius 1 is 1.32 bits per heavy atom. The number of amides is 2. The van der Waals surface area contributed by atoms with Crippen LogP contribution in [0.15, 0.2) is 45.9 Å². The summed E-state index contributed by atoms with van der Waals surface area (Å²) in [5, 5.41) is 16.5. The van der Waals surface area contributed by atoms with Crippen LogP contribution in [0.5, 0.6) is 11.8 Å². The van der Waals surface area contributed by atoms with Gasteiger partial charge in [0.25, 0.3) is 0 Å². The number of hydrogen-bond acceptors (Lipinski definition) is 7. The third kappa shape index (κ3) is 4.70. The monoisotopic (exact) mass is 521 g/mol. The molecule has 0 saturated heterocycles. The average molecular weight is 522 g/mol. The van der Waals surface area contributed by atoms with Crippen LogP contribution < -0.4 is 19.5 Å². The summed E-state index contributed by atoms with van der Waals surface area (Å²) < 4.78 is 32.7. The van der Waals surface area contributed by atoms with Gasteiger partial charge in [-0.05, 0) is 42.0 Å². The maximum Gasteiger partial charge on any atom is 0.355 e. The van der Waals surface area contributed by atoms with Crippen LogP contribution in [-0.2, 0) is 29.3 Å². The highest BCUT2D eigenvalue weighted by Crippen LogP contribution is 2.39. The molecule has 2 N–H and O–H groups in total. The normalized spacial score (nSPS) is 16.8. The van der Waals surface area contributed by atoms with E-state index in [2.05, 4.69) is 30.6 Å². The number of nitrogens with zero attached hydrogens (tertiary/aromatic N) is 5. The number of carbonyl (C=O) groups is 1. The lowest BCUT2D eigenvalue weighted by Gasteiger charge is -2.30. The third-order valence-corrected chi connectivity index (χ3v) is 8.07. The molecule has 11 nitrogen and oxygen atoms in total. The molecule has 2 aliphatic rings. The molecule has 12 heteroatoms. The Kier molecular flexibility index (Phi) is 6.25. The minimum absolute atomic E-state index is 0.0529. The molecule has 3 heterocycles. The van der Waals surface area contributed by atoms with Gasteiger partial charge < -0.3 is 14.8 Å². The fraction of sp³-hybridized carbons (Fsp3) is 0.360. The highest BCUT2D eigenvalue weighted by atomic mass is 32.2. The number of methoxy groups -OCH3 is 1. The van der Waals surface area contributed by atoms with Crippen molar-refractivity contribution in [2.45, 2.75) is 44.6 Å². The second-order valence-electron chi connectivity index (χ2n) is 9.75. The van der Waals surface area contributed by atoms with Crippen molar-refractivity contribution in [2.75, 3.05) is 19.0 Å².